The predicted molar refractivity (Wildman–Crippen MR) is 69.2 cm³/mol. The molecule has 0 radical (unpaired) electrons. The molecule has 0 spiro atoms. The van der Waals surface area contributed by atoms with Crippen LogP contribution in [0.2, 0.25) is 0 Å². The fourth-order valence-electron chi connectivity index (χ4n) is 1.24. The molecule has 0 amide bonds. The summed E-state index contributed by atoms with van der Waals surface area (Å²) in [6, 6.07) is 5.80. The molecule has 2 nitrogen and oxygen atoms in total. The van der Waals surface area contributed by atoms with Gasteiger partial charge in [-0.05, 0) is 56.7 Å². The minimum absolute atomic E-state index is 0.364. The molecule has 1 aromatic heterocycles. The predicted octanol–water partition coefficient (Wildman–Crippen LogP) is 3.97. The Kier molecular flexibility index (Phi) is 2.81. The number of rotatable bonds is 1. The van der Waals surface area contributed by atoms with Crippen LogP contribution in [0.4, 0.5) is 0 Å². The Hall–Kier alpha value is -0.140. The Morgan fingerprint density at radius 2 is 2.21 bits per heavy atom. The molecular formula is C9H4BrIO2S. The van der Waals surface area contributed by atoms with Gasteiger partial charge in [0.25, 0.3) is 0 Å². The number of halogens is 2. The van der Waals surface area contributed by atoms with Gasteiger partial charge in [0.2, 0.25) is 0 Å². The monoisotopic (exact) mass is 382 g/mol. The first-order valence-electron chi connectivity index (χ1n) is 3.70. The largest absolute Gasteiger partial charge is 0.478 e. The van der Waals surface area contributed by atoms with E-state index >= 15 is 0 Å². The fourth-order valence-corrected chi connectivity index (χ4v) is 3.54. The first kappa shape index (κ1) is 10.4. The van der Waals surface area contributed by atoms with Crippen molar-refractivity contribution in [3.63, 3.8) is 0 Å². The van der Waals surface area contributed by atoms with Gasteiger partial charge in [0.15, 0.2) is 0 Å². The van der Waals surface area contributed by atoms with Crippen LogP contribution in [0.5, 0.6) is 0 Å². The summed E-state index contributed by atoms with van der Waals surface area (Å²) < 4.78 is 2.72. The number of aromatic carboxylic acids is 1. The number of thiophene rings is 1. The van der Waals surface area contributed by atoms with Crippen LogP contribution in [0.25, 0.3) is 10.1 Å². The highest BCUT2D eigenvalue weighted by Crippen LogP contribution is 2.36. The summed E-state index contributed by atoms with van der Waals surface area (Å²) in [4.78, 5) is 11.0. The standard InChI is InChI=1S/C9H4BrIO2S/c10-8-7(9(12)13)5-3-4(11)1-2-6(5)14-8/h1-3H,(H,12,13). The molecule has 1 aromatic carbocycles. The van der Waals surface area contributed by atoms with E-state index in [1.165, 1.54) is 11.3 Å². The minimum atomic E-state index is -0.884. The van der Waals surface area contributed by atoms with Crippen molar-refractivity contribution in [3.05, 3.63) is 31.1 Å². The number of hydrogen-bond donors (Lipinski definition) is 1. The van der Waals surface area contributed by atoms with Crippen LogP contribution in [0, 0.1) is 3.57 Å². The van der Waals surface area contributed by atoms with Gasteiger partial charge in [-0.2, -0.15) is 0 Å². The van der Waals surface area contributed by atoms with Gasteiger partial charge in [0.05, 0.1) is 9.35 Å². The third kappa shape index (κ3) is 1.68. The number of benzene rings is 1. The molecule has 0 saturated heterocycles. The lowest BCUT2D eigenvalue weighted by atomic mass is 10.2. The zero-order chi connectivity index (χ0) is 10.3. The van der Waals surface area contributed by atoms with Crippen molar-refractivity contribution in [1.82, 2.24) is 0 Å². The van der Waals surface area contributed by atoms with E-state index < -0.39 is 5.97 Å². The van der Waals surface area contributed by atoms with Gasteiger partial charge in [-0.3, -0.25) is 0 Å². The number of carboxylic acid groups (broad SMARTS) is 1. The van der Waals surface area contributed by atoms with E-state index in [4.69, 9.17) is 5.11 Å². The third-order valence-electron chi connectivity index (χ3n) is 1.82. The van der Waals surface area contributed by atoms with Gasteiger partial charge in [0, 0.05) is 13.7 Å². The number of hydrogen-bond acceptors (Lipinski definition) is 2. The maximum absolute atomic E-state index is 11.0. The molecule has 0 aliphatic heterocycles. The zero-order valence-corrected chi connectivity index (χ0v) is 11.3. The number of carbonyl (C=O) groups is 1. The van der Waals surface area contributed by atoms with Crippen molar-refractivity contribution in [2.24, 2.45) is 0 Å². The smallest absolute Gasteiger partial charge is 0.338 e. The zero-order valence-electron chi connectivity index (χ0n) is 6.75. The molecule has 0 unspecified atom stereocenters. The maximum Gasteiger partial charge on any atom is 0.338 e. The Morgan fingerprint density at radius 3 is 2.86 bits per heavy atom. The molecule has 0 atom stereocenters. The van der Waals surface area contributed by atoms with Gasteiger partial charge >= 0.3 is 5.97 Å². The van der Waals surface area contributed by atoms with Crippen molar-refractivity contribution in [3.8, 4) is 0 Å². The van der Waals surface area contributed by atoms with E-state index in [9.17, 15) is 4.79 Å². The van der Waals surface area contributed by atoms with Gasteiger partial charge < -0.3 is 5.11 Å². The van der Waals surface area contributed by atoms with Crippen LogP contribution in [0.3, 0.4) is 0 Å². The maximum atomic E-state index is 11.0. The molecule has 2 aromatic rings. The molecule has 2 rings (SSSR count). The second kappa shape index (κ2) is 3.79. The molecule has 1 N–H and O–H groups in total. The average molecular weight is 383 g/mol. The van der Waals surface area contributed by atoms with Gasteiger partial charge in [-0.15, -0.1) is 11.3 Å². The lowest BCUT2D eigenvalue weighted by molar-refractivity contribution is 0.0698. The highest BCUT2D eigenvalue weighted by Gasteiger charge is 2.16. The van der Waals surface area contributed by atoms with E-state index in [0.29, 0.717) is 9.35 Å². The topological polar surface area (TPSA) is 37.3 Å². The molecule has 72 valence electrons. The van der Waals surface area contributed by atoms with Crippen LogP contribution in [0.1, 0.15) is 10.4 Å². The fraction of sp³-hybridized carbons (Fsp3) is 0. The van der Waals surface area contributed by atoms with E-state index in [1.54, 1.807) is 0 Å². The van der Waals surface area contributed by atoms with Gasteiger partial charge in [0.1, 0.15) is 0 Å². The highest BCUT2D eigenvalue weighted by molar-refractivity contribution is 14.1. The van der Waals surface area contributed by atoms with Crippen molar-refractivity contribution in [1.29, 1.82) is 0 Å². The molecule has 14 heavy (non-hydrogen) atoms. The normalized spacial score (nSPS) is 10.7. The van der Waals surface area contributed by atoms with Gasteiger partial charge in [-0.1, -0.05) is 0 Å². The Bertz CT molecular complexity index is 521. The Morgan fingerprint density at radius 1 is 1.50 bits per heavy atom. The summed E-state index contributed by atoms with van der Waals surface area (Å²) in [5, 5.41) is 9.82. The second-order valence-corrected chi connectivity index (χ2v) is 6.31. The van der Waals surface area contributed by atoms with Crippen molar-refractivity contribution < 1.29 is 9.90 Å². The first-order chi connectivity index (χ1) is 6.59. The first-order valence-corrected chi connectivity index (χ1v) is 6.39. The molecule has 0 fully saturated rings. The van der Waals surface area contributed by atoms with E-state index in [0.717, 1.165) is 13.7 Å². The summed E-state index contributed by atoms with van der Waals surface area (Å²) in [5.41, 5.74) is 0.364. The minimum Gasteiger partial charge on any atom is -0.478 e. The quantitative estimate of drug-likeness (QED) is 0.758. The summed E-state index contributed by atoms with van der Waals surface area (Å²) in [5.74, 6) is -0.884. The average Bonchev–Trinajstić information content (AvgIpc) is 2.40. The van der Waals surface area contributed by atoms with E-state index in [2.05, 4.69) is 38.5 Å². The molecule has 5 heteroatoms. The Balaban J connectivity index is 2.86. The lowest BCUT2D eigenvalue weighted by Crippen LogP contribution is -1.94. The van der Waals surface area contributed by atoms with Crippen LogP contribution in [-0.2, 0) is 0 Å². The van der Waals surface area contributed by atoms with Crippen LogP contribution >= 0.6 is 49.9 Å². The summed E-state index contributed by atoms with van der Waals surface area (Å²) in [6.07, 6.45) is 0. The SMILES string of the molecule is O=C(O)c1c(Br)sc2ccc(I)cc12. The highest BCUT2D eigenvalue weighted by atomic mass is 127. The van der Waals surface area contributed by atoms with E-state index in [1.807, 2.05) is 18.2 Å². The van der Waals surface area contributed by atoms with Crippen LogP contribution in [0.15, 0.2) is 22.0 Å². The Labute approximate surface area is 106 Å². The second-order valence-electron chi connectivity index (χ2n) is 2.70. The molecule has 0 saturated carbocycles. The van der Waals surface area contributed by atoms with Crippen LogP contribution in [-0.4, -0.2) is 11.1 Å². The van der Waals surface area contributed by atoms with E-state index in [-0.39, 0.29) is 0 Å². The molecule has 0 aliphatic rings. The number of fused-ring (bicyclic) bond motifs is 1. The molecule has 1 heterocycles. The molecule has 0 bridgehead atoms. The summed E-state index contributed by atoms with van der Waals surface area (Å²) in [7, 11) is 0. The van der Waals surface area contributed by atoms with Crippen molar-refractivity contribution in [2.75, 3.05) is 0 Å². The molecular weight excluding hydrogens is 379 g/mol. The summed E-state index contributed by atoms with van der Waals surface area (Å²) >= 11 is 6.89. The number of carboxylic acids is 1. The lowest BCUT2D eigenvalue weighted by Gasteiger charge is -1.93. The van der Waals surface area contributed by atoms with Crippen molar-refractivity contribution >= 4 is 65.9 Å². The molecule has 0 aliphatic carbocycles. The van der Waals surface area contributed by atoms with Crippen molar-refractivity contribution in [2.45, 2.75) is 0 Å². The third-order valence-corrected chi connectivity index (χ3v) is 4.33. The van der Waals surface area contributed by atoms with Crippen LogP contribution < -0.4 is 0 Å². The van der Waals surface area contributed by atoms with Gasteiger partial charge in [-0.25, -0.2) is 4.79 Å². The summed E-state index contributed by atoms with van der Waals surface area (Å²) in [6.45, 7) is 0.